The summed E-state index contributed by atoms with van der Waals surface area (Å²) in [6, 6.07) is 8.02. The van der Waals surface area contributed by atoms with E-state index in [1.165, 1.54) is 12.8 Å². The second-order valence-corrected chi connectivity index (χ2v) is 4.66. The Kier molecular flexibility index (Phi) is 4.40. The number of ether oxygens (including phenoxy) is 2. The van der Waals surface area contributed by atoms with Crippen LogP contribution in [0, 0.1) is 0 Å². The van der Waals surface area contributed by atoms with E-state index in [-0.39, 0.29) is 12.1 Å². The molecule has 0 aromatic heterocycles. The summed E-state index contributed by atoms with van der Waals surface area (Å²) >= 11 is 0. The molecule has 2 unspecified atom stereocenters. The molecule has 0 amide bonds. The van der Waals surface area contributed by atoms with E-state index in [0.29, 0.717) is 6.61 Å². The third-order valence-corrected chi connectivity index (χ3v) is 3.09. The van der Waals surface area contributed by atoms with Crippen molar-refractivity contribution in [1.82, 2.24) is 0 Å². The molecule has 0 aliphatic carbocycles. The van der Waals surface area contributed by atoms with Crippen LogP contribution in [0.3, 0.4) is 0 Å². The van der Waals surface area contributed by atoms with E-state index in [4.69, 9.17) is 15.2 Å². The van der Waals surface area contributed by atoms with E-state index in [0.717, 1.165) is 24.3 Å². The molecule has 0 saturated carbocycles. The second kappa shape index (κ2) is 6.03. The maximum atomic E-state index is 5.84. The standard InChI is InChI=1S/C14H21NO2/c1-11(15)12-5-4-7-13(9-12)17-10-14-6-2-3-8-16-14/h4-5,7,9,11,14H,2-3,6,8,10,15H2,1H3. The average Bonchev–Trinajstić information content (AvgIpc) is 2.38. The minimum atomic E-state index is 0.0458. The number of benzene rings is 1. The molecule has 1 aromatic carbocycles. The molecule has 1 fully saturated rings. The molecule has 0 radical (unpaired) electrons. The summed E-state index contributed by atoms with van der Waals surface area (Å²) in [5.41, 5.74) is 6.95. The van der Waals surface area contributed by atoms with Gasteiger partial charge in [0.1, 0.15) is 12.4 Å². The largest absolute Gasteiger partial charge is 0.491 e. The van der Waals surface area contributed by atoms with Crippen molar-refractivity contribution in [2.24, 2.45) is 5.73 Å². The molecule has 3 nitrogen and oxygen atoms in total. The predicted molar refractivity (Wildman–Crippen MR) is 68.1 cm³/mol. The van der Waals surface area contributed by atoms with Gasteiger partial charge in [-0.15, -0.1) is 0 Å². The average molecular weight is 235 g/mol. The molecule has 1 aromatic rings. The Hall–Kier alpha value is -1.06. The van der Waals surface area contributed by atoms with Crippen molar-refractivity contribution in [3.8, 4) is 5.75 Å². The van der Waals surface area contributed by atoms with Crippen molar-refractivity contribution in [2.45, 2.75) is 38.3 Å². The highest BCUT2D eigenvalue weighted by Gasteiger charge is 2.14. The van der Waals surface area contributed by atoms with Gasteiger partial charge < -0.3 is 15.2 Å². The summed E-state index contributed by atoms with van der Waals surface area (Å²) in [7, 11) is 0. The molecule has 2 rings (SSSR count). The first kappa shape index (κ1) is 12.4. The van der Waals surface area contributed by atoms with Crippen molar-refractivity contribution in [3.63, 3.8) is 0 Å². The SMILES string of the molecule is CC(N)c1cccc(OCC2CCCCO2)c1. The van der Waals surface area contributed by atoms with E-state index in [1.807, 2.05) is 31.2 Å². The molecular weight excluding hydrogens is 214 g/mol. The monoisotopic (exact) mass is 235 g/mol. The summed E-state index contributed by atoms with van der Waals surface area (Å²) in [5.74, 6) is 0.883. The fourth-order valence-electron chi connectivity index (χ4n) is 2.02. The Labute approximate surface area is 103 Å². The first-order chi connectivity index (χ1) is 8.25. The Balaban J connectivity index is 1.87. The number of hydrogen-bond donors (Lipinski definition) is 1. The summed E-state index contributed by atoms with van der Waals surface area (Å²) in [6.45, 7) is 3.49. The van der Waals surface area contributed by atoms with Crippen LogP contribution >= 0.6 is 0 Å². The highest BCUT2D eigenvalue weighted by atomic mass is 16.5. The van der Waals surface area contributed by atoms with Crippen LogP contribution in [0.1, 0.15) is 37.8 Å². The van der Waals surface area contributed by atoms with Crippen LogP contribution in [-0.4, -0.2) is 19.3 Å². The second-order valence-electron chi connectivity index (χ2n) is 4.66. The van der Waals surface area contributed by atoms with Crippen molar-refractivity contribution >= 4 is 0 Å². The lowest BCUT2D eigenvalue weighted by Crippen LogP contribution is -2.25. The smallest absolute Gasteiger partial charge is 0.119 e. The first-order valence-corrected chi connectivity index (χ1v) is 6.35. The third kappa shape index (κ3) is 3.72. The molecule has 2 N–H and O–H groups in total. The van der Waals surface area contributed by atoms with Crippen LogP contribution in [0.4, 0.5) is 0 Å². The van der Waals surface area contributed by atoms with E-state index in [9.17, 15) is 0 Å². The molecule has 1 aliphatic rings. The van der Waals surface area contributed by atoms with Gasteiger partial charge in [0.25, 0.3) is 0 Å². The maximum Gasteiger partial charge on any atom is 0.119 e. The molecule has 94 valence electrons. The van der Waals surface area contributed by atoms with Gasteiger partial charge in [-0.05, 0) is 43.9 Å². The van der Waals surface area contributed by atoms with Gasteiger partial charge in [0, 0.05) is 12.6 Å². The van der Waals surface area contributed by atoms with E-state index >= 15 is 0 Å². The topological polar surface area (TPSA) is 44.5 Å². The van der Waals surface area contributed by atoms with Gasteiger partial charge in [0.2, 0.25) is 0 Å². The fraction of sp³-hybridized carbons (Fsp3) is 0.571. The Morgan fingerprint density at radius 3 is 3.06 bits per heavy atom. The fourth-order valence-corrected chi connectivity index (χ4v) is 2.02. The minimum Gasteiger partial charge on any atom is -0.491 e. The van der Waals surface area contributed by atoms with Crippen molar-refractivity contribution in [3.05, 3.63) is 29.8 Å². The van der Waals surface area contributed by atoms with Crippen molar-refractivity contribution < 1.29 is 9.47 Å². The molecule has 2 atom stereocenters. The summed E-state index contributed by atoms with van der Waals surface area (Å²) in [6.07, 6.45) is 3.78. The number of nitrogens with two attached hydrogens (primary N) is 1. The molecule has 0 bridgehead atoms. The molecule has 0 spiro atoms. The van der Waals surface area contributed by atoms with Gasteiger partial charge >= 0.3 is 0 Å². The van der Waals surface area contributed by atoms with Crippen LogP contribution < -0.4 is 10.5 Å². The highest BCUT2D eigenvalue weighted by Crippen LogP contribution is 2.19. The molecule has 3 heteroatoms. The number of rotatable bonds is 4. The van der Waals surface area contributed by atoms with Crippen LogP contribution in [-0.2, 0) is 4.74 Å². The van der Waals surface area contributed by atoms with Gasteiger partial charge in [0.15, 0.2) is 0 Å². The van der Waals surface area contributed by atoms with Crippen LogP contribution in [0.5, 0.6) is 5.75 Å². The first-order valence-electron chi connectivity index (χ1n) is 6.35. The van der Waals surface area contributed by atoms with Crippen molar-refractivity contribution in [2.75, 3.05) is 13.2 Å². The maximum absolute atomic E-state index is 5.84. The van der Waals surface area contributed by atoms with Gasteiger partial charge in [0.05, 0.1) is 6.10 Å². The normalized spacial score (nSPS) is 22.1. The third-order valence-electron chi connectivity index (χ3n) is 3.09. The van der Waals surface area contributed by atoms with Crippen LogP contribution in [0.25, 0.3) is 0 Å². The summed E-state index contributed by atoms with van der Waals surface area (Å²) < 4.78 is 11.4. The molecule has 1 aliphatic heterocycles. The zero-order chi connectivity index (χ0) is 12.1. The Bertz CT molecular complexity index is 346. The Morgan fingerprint density at radius 2 is 2.35 bits per heavy atom. The van der Waals surface area contributed by atoms with E-state index < -0.39 is 0 Å². The quantitative estimate of drug-likeness (QED) is 0.872. The lowest BCUT2D eigenvalue weighted by Gasteiger charge is -2.22. The van der Waals surface area contributed by atoms with E-state index in [1.54, 1.807) is 0 Å². The summed E-state index contributed by atoms with van der Waals surface area (Å²) in [5, 5.41) is 0. The molecule has 1 saturated heterocycles. The van der Waals surface area contributed by atoms with Crippen molar-refractivity contribution in [1.29, 1.82) is 0 Å². The zero-order valence-electron chi connectivity index (χ0n) is 10.4. The zero-order valence-corrected chi connectivity index (χ0v) is 10.4. The highest BCUT2D eigenvalue weighted by molar-refractivity contribution is 5.30. The van der Waals surface area contributed by atoms with Gasteiger partial charge in [-0.2, -0.15) is 0 Å². The number of hydrogen-bond acceptors (Lipinski definition) is 3. The minimum absolute atomic E-state index is 0.0458. The molecule has 1 heterocycles. The van der Waals surface area contributed by atoms with E-state index in [2.05, 4.69) is 0 Å². The van der Waals surface area contributed by atoms with Crippen LogP contribution in [0.2, 0.25) is 0 Å². The van der Waals surface area contributed by atoms with Gasteiger partial charge in [-0.3, -0.25) is 0 Å². The lowest BCUT2D eigenvalue weighted by atomic mass is 10.1. The Morgan fingerprint density at radius 1 is 1.47 bits per heavy atom. The lowest BCUT2D eigenvalue weighted by molar-refractivity contribution is -0.0110. The molecule has 17 heavy (non-hydrogen) atoms. The van der Waals surface area contributed by atoms with Gasteiger partial charge in [-0.25, -0.2) is 0 Å². The summed E-state index contributed by atoms with van der Waals surface area (Å²) in [4.78, 5) is 0. The predicted octanol–water partition coefficient (Wildman–Crippen LogP) is 2.65. The molecular formula is C14H21NO2. The van der Waals surface area contributed by atoms with Crippen LogP contribution in [0.15, 0.2) is 24.3 Å². The van der Waals surface area contributed by atoms with Gasteiger partial charge in [-0.1, -0.05) is 12.1 Å².